The largest absolute Gasteiger partial charge is 0.382 e. The molecule has 0 saturated heterocycles. The van der Waals surface area contributed by atoms with E-state index in [-0.39, 0.29) is 6.04 Å². The Morgan fingerprint density at radius 3 is 2.59 bits per heavy atom. The molecule has 2 aromatic heterocycles. The number of aliphatic hydroxyl groups excluding tert-OH is 1. The fourth-order valence-corrected chi connectivity index (χ4v) is 1.77. The minimum absolute atomic E-state index is 0.278. The smallest absolute Gasteiger partial charge is 0.122 e. The summed E-state index contributed by atoms with van der Waals surface area (Å²) in [6.07, 6.45) is 4.47. The lowest BCUT2D eigenvalue weighted by Gasteiger charge is -2.16. The summed E-state index contributed by atoms with van der Waals surface area (Å²) in [7, 11) is 0. The Morgan fingerprint density at radius 2 is 2.00 bits per heavy atom. The van der Waals surface area contributed by atoms with Crippen LogP contribution in [0, 0.1) is 6.92 Å². The lowest BCUT2D eigenvalue weighted by molar-refractivity contribution is 0.207. The first-order chi connectivity index (χ1) is 8.09. The van der Waals surface area contributed by atoms with Gasteiger partial charge in [0.2, 0.25) is 0 Å². The zero-order valence-electron chi connectivity index (χ0n) is 10.3. The molecule has 2 heterocycles. The van der Waals surface area contributed by atoms with Crippen LogP contribution in [0.3, 0.4) is 0 Å². The molecule has 1 N–H and O–H groups in total. The van der Waals surface area contributed by atoms with Crippen molar-refractivity contribution in [3.8, 4) is 0 Å². The van der Waals surface area contributed by atoms with Crippen LogP contribution in [-0.2, 0) is 0 Å². The zero-order chi connectivity index (χ0) is 12.4. The molecule has 0 saturated carbocycles. The van der Waals surface area contributed by atoms with E-state index in [9.17, 15) is 5.11 Å². The third kappa shape index (κ3) is 2.36. The van der Waals surface area contributed by atoms with Crippen molar-refractivity contribution in [1.82, 2.24) is 14.5 Å². The Bertz CT molecular complexity index is 488. The summed E-state index contributed by atoms with van der Waals surface area (Å²) >= 11 is 0. The summed E-state index contributed by atoms with van der Waals surface area (Å²) in [5, 5.41) is 10.3. The Labute approximate surface area is 101 Å². The maximum Gasteiger partial charge on any atom is 0.122 e. The van der Waals surface area contributed by atoms with E-state index in [0.717, 1.165) is 17.0 Å². The molecule has 2 aromatic rings. The lowest BCUT2D eigenvalue weighted by Crippen LogP contribution is -2.10. The van der Waals surface area contributed by atoms with E-state index >= 15 is 0 Å². The van der Waals surface area contributed by atoms with Gasteiger partial charge in [0, 0.05) is 23.5 Å². The van der Waals surface area contributed by atoms with Crippen LogP contribution >= 0.6 is 0 Å². The summed E-state index contributed by atoms with van der Waals surface area (Å²) in [5.41, 5.74) is 2.53. The van der Waals surface area contributed by atoms with Crippen LogP contribution < -0.4 is 0 Å². The Kier molecular flexibility index (Phi) is 3.24. The van der Waals surface area contributed by atoms with Gasteiger partial charge in [-0.2, -0.15) is 0 Å². The molecule has 1 atom stereocenters. The van der Waals surface area contributed by atoms with Crippen molar-refractivity contribution in [3.63, 3.8) is 0 Å². The number of imidazole rings is 1. The summed E-state index contributed by atoms with van der Waals surface area (Å²) < 4.78 is 1.96. The van der Waals surface area contributed by atoms with Crippen molar-refractivity contribution < 1.29 is 5.11 Å². The van der Waals surface area contributed by atoms with E-state index in [1.54, 1.807) is 18.7 Å². The van der Waals surface area contributed by atoms with Gasteiger partial charge in [-0.3, -0.25) is 4.98 Å². The molecule has 0 bridgehead atoms. The fraction of sp³-hybridized carbons (Fsp3) is 0.385. The van der Waals surface area contributed by atoms with Gasteiger partial charge in [0.15, 0.2) is 0 Å². The summed E-state index contributed by atoms with van der Waals surface area (Å²) in [6, 6.07) is 4.07. The second-order valence-corrected chi connectivity index (χ2v) is 4.45. The van der Waals surface area contributed by atoms with Crippen molar-refractivity contribution >= 4 is 0 Å². The number of aromatic nitrogens is 3. The van der Waals surface area contributed by atoms with E-state index in [4.69, 9.17) is 0 Å². The van der Waals surface area contributed by atoms with Crippen molar-refractivity contribution in [3.05, 3.63) is 47.8 Å². The molecule has 0 fully saturated rings. The van der Waals surface area contributed by atoms with Gasteiger partial charge < -0.3 is 9.67 Å². The molecule has 0 aliphatic heterocycles. The van der Waals surface area contributed by atoms with Crippen LogP contribution in [0.25, 0.3) is 0 Å². The molecule has 0 spiro atoms. The maximum absolute atomic E-state index is 10.3. The van der Waals surface area contributed by atoms with Gasteiger partial charge in [-0.05, 0) is 26.8 Å². The van der Waals surface area contributed by atoms with Crippen molar-refractivity contribution in [2.45, 2.75) is 32.9 Å². The van der Waals surface area contributed by atoms with E-state index in [1.165, 1.54) is 0 Å². The maximum atomic E-state index is 10.3. The lowest BCUT2D eigenvalue weighted by atomic mass is 10.1. The Balaban J connectivity index is 2.33. The van der Waals surface area contributed by atoms with Crippen LogP contribution in [0.4, 0.5) is 0 Å². The molecular formula is C13H17N3O. The molecule has 17 heavy (non-hydrogen) atoms. The highest BCUT2D eigenvalue weighted by molar-refractivity contribution is 5.23. The van der Waals surface area contributed by atoms with Crippen LogP contribution in [0.1, 0.15) is 42.9 Å². The minimum atomic E-state index is -0.673. The van der Waals surface area contributed by atoms with Gasteiger partial charge in [0.25, 0.3) is 0 Å². The molecule has 0 aliphatic carbocycles. The summed E-state index contributed by atoms with van der Waals surface area (Å²) in [5.74, 6) is 0. The number of hydrogen-bond acceptors (Lipinski definition) is 3. The average Bonchev–Trinajstić information content (AvgIpc) is 2.78. The molecule has 2 rings (SSSR count). The minimum Gasteiger partial charge on any atom is -0.382 e. The molecule has 0 radical (unpaired) electrons. The quantitative estimate of drug-likeness (QED) is 0.881. The molecule has 4 heteroatoms. The van der Waals surface area contributed by atoms with Crippen molar-refractivity contribution in [1.29, 1.82) is 0 Å². The fourth-order valence-electron chi connectivity index (χ4n) is 1.77. The number of aryl methyl sites for hydroxylation is 1. The highest BCUT2D eigenvalue weighted by Crippen LogP contribution is 2.23. The van der Waals surface area contributed by atoms with Gasteiger partial charge in [0.1, 0.15) is 6.10 Å². The topological polar surface area (TPSA) is 50.9 Å². The van der Waals surface area contributed by atoms with Gasteiger partial charge in [0.05, 0.1) is 18.2 Å². The van der Waals surface area contributed by atoms with Crippen LogP contribution in [0.15, 0.2) is 30.9 Å². The highest BCUT2D eigenvalue weighted by atomic mass is 16.3. The Morgan fingerprint density at radius 1 is 1.24 bits per heavy atom. The van der Waals surface area contributed by atoms with Gasteiger partial charge in [-0.1, -0.05) is 6.07 Å². The second-order valence-electron chi connectivity index (χ2n) is 4.45. The zero-order valence-corrected chi connectivity index (χ0v) is 10.3. The van der Waals surface area contributed by atoms with Gasteiger partial charge >= 0.3 is 0 Å². The molecule has 1 unspecified atom stereocenters. The van der Waals surface area contributed by atoms with E-state index in [0.29, 0.717) is 0 Å². The number of aliphatic hydroxyl groups is 1. The number of rotatable bonds is 3. The first kappa shape index (κ1) is 11.8. The Hall–Kier alpha value is -1.68. The van der Waals surface area contributed by atoms with Crippen LogP contribution in [0.5, 0.6) is 0 Å². The summed E-state index contributed by atoms with van der Waals surface area (Å²) in [4.78, 5) is 8.28. The SMILES string of the molecule is Cc1ccc(C(O)c2cncn2C(C)C)cn1. The van der Waals surface area contributed by atoms with Crippen LogP contribution in [-0.4, -0.2) is 19.6 Å². The van der Waals surface area contributed by atoms with E-state index < -0.39 is 6.10 Å². The predicted octanol–water partition coefficient (Wildman–Crippen LogP) is 2.25. The predicted molar refractivity (Wildman–Crippen MR) is 65.6 cm³/mol. The van der Waals surface area contributed by atoms with Crippen molar-refractivity contribution in [2.24, 2.45) is 0 Å². The number of hydrogen-bond donors (Lipinski definition) is 1. The first-order valence-corrected chi connectivity index (χ1v) is 5.72. The monoisotopic (exact) mass is 231 g/mol. The highest BCUT2D eigenvalue weighted by Gasteiger charge is 2.16. The normalized spacial score (nSPS) is 13.0. The number of pyridine rings is 1. The molecule has 90 valence electrons. The van der Waals surface area contributed by atoms with Crippen molar-refractivity contribution in [2.75, 3.05) is 0 Å². The van der Waals surface area contributed by atoms with Gasteiger partial charge in [-0.25, -0.2) is 4.98 Å². The molecule has 0 aliphatic rings. The summed E-state index contributed by atoms with van der Waals surface area (Å²) in [6.45, 7) is 6.05. The molecule has 0 amide bonds. The standard InChI is InChI=1S/C13H17N3O/c1-9(2)16-8-14-7-12(16)13(17)11-5-4-10(3)15-6-11/h4-9,13,17H,1-3H3. The third-order valence-electron chi connectivity index (χ3n) is 2.78. The second kappa shape index (κ2) is 4.67. The third-order valence-corrected chi connectivity index (χ3v) is 2.78. The van der Waals surface area contributed by atoms with E-state index in [2.05, 4.69) is 23.8 Å². The molecular weight excluding hydrogens is 214 g/mol. The van der Waals surface area contributed by atoms with Gasteiger partial charge in [-0.15, -0.1) is 0 Å². The average molecular weight is 231 g/mol. The van der Waals surface area contributed by atoms with Crippen LogP contribution in [0.2, 0.25) is 0 Å². The molecule has 4 nitrogen and oxygen atoms in total. The molecule has 0 aromatic carbocycles. The number of nitrogens with zero attached hydrogens (tertiary/aromatic N) is 3. The first-order valence-electron chi connectivity index (χ1n) is 5.72. The van der Waals surface area contributed by atoms with E-state index in [1.807, 2.05) is 23.6 Å².